The topological polar surface area (TPSA) is 29.4 Å². The molecule has 0 spiro atoms. The van der Waals surface area contributed by atoms with Crippen LogP contribution >= 0.6 is 23.2 Å². The summed E-state index contributed by atoms with van der Waals surface area (Å²) in [6.07, 6.45) is 1.97. The molecule has 1 fully saturated rings. The Kier molecular flexibility index (Phi) is 1.31. The van der Waals surface area contributed by atoms with Crippen LogP contribution in [-0.2, 0) is 4.79 Å². The lowest BCUT2D eigenvalue weighted by Gasteiger charge is -1.85. The molecule has 1 aliphatic rings. The number of hydrogen-bond donors (Lipinski definition) is 0. The second-order valence-electron chi connectivity index (χ2n) is 1.70. The third kappa shape index (κ3) is 1.03. The van der Waals surface area contributed by atoms with Gasteiger partial charge in [0, 0.05) is 6.42 Å². The normalized spacial score (nSPS) is 31.0. The molecule has 0 N–H and O–H groups in total. The highest BCUT2D eigenvalue weighted by Gasteiger charge is 2.52. The lowest BCUT2D eigenvalue weighted by atomic mass is 10.8. The molecule has 0 bridgehead atoms. The van der Waals surface area contributed by atoms with Gasteiger partial charge in [-0.15, -0.1) is 0 Å². The number of halogens is 2. The van der Waals surface area contributed by atoms with Crippen molar-refractivity contribution in [2.45, 2.75) is 16.8 Å². The minimum Gasteiger partial charge on any atom is -0.211 e. The van der Waals surface area contributed by atoms with Gasteiger partial charge in [-0.1, -0.05) is 23.2 Å². The zero-order chi connectivity index (χ0) is 6.20. The van der Waals surface area contributed by atoms with Crippen molar-refractivity contribution in [3.8, 4) is 0 Å². The van der Waals surface area contributed by atoms with E-state index in [0.717, 1.165) is 0 Å². The molecule has 1 rings (SSSR count). The van der Waals surface area contributed by atoms with Crippen molar-refractivity contribution >= 4 is 29.3 Å². The van der Waals surface area contributed by atoms with Gasteiger partial charge in [0.15, 0.2) is 0 Å². The van der Waals surface area contributed by atoms with Gasteiger partial charge in [0.05, 0.1) is 6.04 Å². The SMILES string of the molecule is O=C=NC1CC1(Cl)Cl. The van der Waals surface area contributed by atoms with Gasteiger partial charge in [-0.25, -0.2) is 4.79 Å². The van der Waals surface area contributed by atoms with E-state index in [0.29, 0.717) is 6.42 Å². The molecule has 0 amide bonds. The minimum atomic E-state index is -0.766. The highest BCUT2D eigenvalue weighted by atomic mass is 35.5. The van der Waals surface area contributed by atoms with Gasteiger partial charge in [0.1, 0.15) is 4.33 Å². The van der Waals surface area contributed by atoms with Gasteiger partial charge >= 0.3 is 0 Å². The molecule has 0 aliphatic heterocycles. The molecule has 0 aromatic rings. The molecule has 2 nitrogen and oxygen atoms in total. The summed E-state index contributed by atoms with van der Waals surface area (Å²) in [7, 11) is 0. The van der Waals surface area contributed by atoms with Crippen molar-refractivity contribution in [2.75, 3.05) is 0 Å². The summed E-state index contributed by atoms with van der Waals surface area (Å²) in [6.45, 7) is 0. The molecule has 0 radical (unpaired) electrons. The monoisotopic (exact) mass is 151 g/mol. The van der Waals surface area contributed by atoms with E-state index >= 15 is 0 Å². The van der Waals surface area contributed by atoms with Gasteiger partial charge in [0.25, 0.3) is 0 Å². The lowest BCUT2D eigenvalue weighted by Crippen LogP contribution is -1.89. The molecular formula is C4H3Cl2NO. The van der Waals surface area contributed by atoms with Gasteiger partial charge in [-0.2, -0.15) is 4.99 Å². The van der Waals surface area contributed by atoms with Crippen molar-refractivity contribution in [1.29, 1.82) is 0 Å². The largest absolute Gasteiger partial charge is 0.235 e. The predicted molar refractivity (Wildman–Crippen MR) is 31.0 cm³/mol. The molecule has 0 aromatic carbocycles. The smallest absolute Gasteiger partial charge is 0.211 e. The third-order valence-corrected chi connectivity index (χ3v) is 1.81. The van der Waals surface area contributed by atoms with E-state index in [1.54, 1.807) is 0 Å². The fourth-order valence-corrected chi connectivity index (χ4v) is 0.792. The van der Waals surface area contributed by atoms with E-state index in [1.807, 2.05) is 0 Å². The van der Waals surface area contributed by atoms with Crippen molar-refractivity contribution in [3.63, 3.8) is 0 Å². The Morgan fingerprint density at radius 3 is 2.38 bits per heavy atom. The number of alkyl halides is 2. The zero-order valence-electron chi connectivity index (χ0n) is 3.90. The van der Waals surface area contributed by atoms with Gasteiger partial charge < -0.3 is 0 Å². The first-order valence-corrected chi connectivity index (χ1v) is 2.87. The summed E-state index contributed by atoms with van der Waals surface area (Å²) in [5.74, 6) is 0. The van der Waals surface area contributed by atoms with E-state index in [9.17, 15) is 4.79 Å². The number of aliphatic imine (C=N–C) groups is 1. The Labute approximate surface area is 56.5 Å². The maximum Gasteiger partial charge on any atom is 0.235 e. The minimum absolute atomic E-state index is 0.205. The molecular weight excluding hydrogens is 149 g/mol. The third-order valence-electron chi connectivity index (χ3n) is 1.00. The van der Waals surface area contributed by atoms with Crippen molar-refractivity contribution < 1.29 is 4.79 Å². The van der Waals surface area contributed by atoms with Gasteiger partial charge in [-0.3, -0.25) is 0 Å². The summed E-state index contributed by atoms with van der Waals surface area (Å²) in [5, 5.41) is 0. The Bertz CT molecular complexity index is 150. The first kappa shape index (κ1) is 6.09. The van der Waals surface area contributed by atoms with Crippen LogP contribution in [0.1, 0.15) is 6.42 Å². The van der Waals surface area contributed by atoms with Crippen LogP contribution in [0.3, 0.4) is 0 Å². The van der Waals surface area contributed by atoms with Crippen molar-refractivity contribution in [1.82, 2.24) is 0 Å². The maximum absolute atomic E-state index is 9.53. The van der Waals surface area contributed by atoms with Crippen LogP contribution in [0.4, 0.5) is 0 Å². The van der Waals surface area contributed by atoms with Crippen molar-refractivity contribution in [2.24, 2.45) is 4.99 Å². The standard InChI is InChI=1S/C4H3Cl2NO/c5-4(6)1-3(4)7-2-8/h3H,1H2. The second kappa shape index (κ2) is 1.73. The van der Waals surface area contributed by atoms with Crippen LogP contribution in [-0.4, -0.2) is 16.5 Å². The fourth-order valence-electron chi connectivity index (χ4n) is 0.403. The highest BCUT2D eigenvalue weighted by molar-refractivity contribution is 6.51. The average Bonchev–Trinajstić information content (AvgIpc) is 2.15. The van der Waals surface area contributed by atoms with Crippen LogP contribution in [0, 0.1) is 0 Å². The Morgan fingerprint density at radius 2 is 2.25 bits per heavy atom. The first-order chi connectivity index (χ1) is 3.67. The van der Waals surface area contributed by atoms with Gasteiger partial charge in [0.2, 0.25) is 6.08 Å². The molecule has 0 aromatic heterocycles. The quantitative estimate of drug-likeness (QED) is 0.316. The van der Waals surface area contributed by atoms with Crippen molar-refractivity contribution in [3.05, 3.63) is 0 Å². The number of isocyanates is 1. The number of nitrogens with zero attached hydrogens (tertiary/aromatic N) is 1. The van der Waals surface area contributed by atoms with E-state index in [-0.39, 0.29) is 6.04 Å². The number of rotatable bonds is 1. The lowest BCUT2D eigenvalue weighted by molar-refractivity contribution is 0.562. The van der Waals surface area contributed by atoms with Crippen LogP contribution < -0.4 is 0 Å². The highest BCUT2D eigenvalue weighted by Crippen LogP contribution is 2.48. The van der Waals surface area contributed by atoms with Crippen LogP contribution in [0.15, 0.2) is 4.99 Å². The average molecular weight is 152 g/mol. The molecule has 8 heavy (non-hydrogen) atoms. The number of hydrogen-bond acceptors (Lipinski definition) is 2. The second-order valence-corrected chi connectivity index (χ2v) is 3.24. The fraction of sp³-hybridized carbons (Fsp3) is 0.750. The predicted octanol–water partition coefficient (Wildman–Crippen LogP) is 1.27. The van der Waals surface area contributed by atoms with Gasteiger partial charge in [-0.05, 0) is 0 Å². The Hall–Kier alpha value is -0.0400. The van der Waals surface area contributed by atoms with E-state index in [4.69, 9.17) is 23.2 Å². The van der Waals surface area contributed by atoms with Crippen LogP contribution in [0.5, 0.6) is 0 Å². The Morgan fingerprint density at radius 1 is 1.75 bits per heavy atom. The Balaban J connectivity index is 2.48. The first-order valence-electron chi connectivity index (χ1n) is 2.11. The molecule has 1 aliphatic carbocycles. The maximum atomic E-state index is 9.53. The molecule has 1 atom stereocenters. The van der Waals surface area contributed by atoms with Crippen LogP contribution in [0.2, 0.25) is 0 Å². The summed E-state index contributed by atoms with van der Waals surface area (Å²) in [5.41, 5.74) is 0. The molecule has 1 unspecified atom stereocenters. The van der Waals surface area contributed by atoms with E-state index in [1.165, 1.54) is 6.08 Å². The molecule has 0 saturated heterocycles. The number of carbonyl (C=O) groups excluding carboxylic acids is 1. The van der Waals surface area contributed by atoms with Crippen LogP contribution in [0.25, 0.3) is 0 Å². The zero-order valence-corrected chi connectivity index (χ0v) is 5.41. The van der Waals surface area contributed by atoms with E-state index < -0.39 is 4.33 Å². The summed E-state index contributed by atoms with van der Waals surface area (Å²) < 4.78 is -0.766. The molecule has 4 heteroatoms. The molecule has 1 saturated carbocycles. The summed E-state index contributed by atoms with van der Waals surface area (Å²) >= 11 is 11.0. The molecule has 44 valence electrons. The summed E-state index contributed by atoms with van der Waals surface area (Å²) in [4.78, 5) is 12.9. The molecule has 0 heterocycles. The summed E-state index contributed by atoms with van der Waals surface area (Å²) in [6, 6.07) is -0.205. The van der Waals surface area contributed by atoms with E-state index in [2.05, 4.69) is 4.99 Å².